The van der Waals surface area contributed by atoms with Crippen LogP contribution < -0.4 is 10.1 Å². The molecule has 1 N–H and O–H groups in total. The van der Waals surface area contributed by atoms with Crippen molar-refractivity contribution >= 4 is 35.0 Å². The zero-order chi connectivity index (χ0) is 21.6. The van der Waals surface area contributed by atoms with Gasteiger partial charge in [-0.1, -0.05) is 17.7 Å². The minimum absolute atomic E-state index is 0.0477. The highest BCUT2D eigenvalue weighted by atomic mass is 35.5. The number of nitrogens with zero attached hydrogens (tertiary/aromatic N) is 2. The van der Waals surface area contributed by atoms with E-state index in [4.69, 9.17) is 16.9 Å². The van der Waals surface area contributed by atoms with Crippen LogP contribution in [0.3, 0.4) is 0 Å². The number of nitrogens with one attached hydrogen (secondary N) is 1. The Labute approximate surface area is 167 Å². The second kappa shape index (κ2) is 9.07. The molecule has 2 aromatic rings. The maximum absolute atomic E-state index is 12.2. The standard InChI is InChI=1S/C18H11ClF3N3O4/c19-14-4-1-11(7-15(14)25(27)28)2-6-17(26)24-13-3-5-16(12(8-13)9-23)29-10-18(20,21)22/h1-8H,10H2,(H,24,26). The summed E-state index contributed by atoms with van der Waals surface area (Å²) in [7, 11) is 0. The fourth-order valence-electron chi connectivity index (χ4n) is 2.11. The van der Waals surface area contributed by atoms with Gasteiger partial charge in [0.05, 0.1) is 10.5 Å². The normalized spacial score (nSPS) is 11.1. The van der Waals surface area contributed by atoms with Crippen molar-refractivity contribution in [2.45, 2.75) is 6.18 Å². The van der Waals surface area contributed by atoms with Gasteiger partial charge in [0, 0.05) is 17.8 Å². The Morgan fingerprint density at radius 3 is 2.66 bits per heavy atom. The molecule has 150 valence electrons. The first-order valence-corrected chi connectivity index (χ1v) is 8.13. The number of benzene rings is 2. The van der Waals surface area contributed by atoms with E-state index in [2.05, 4.69) is 10.1 Å². The summed E-state index contributed by atoms with van der Waals surface area (Å²) in [5.41, 5.74) is -0.00537. The van der Waals surface area contributed by atoms with Gasteiger partial charge < -0.3 is 10.1 Å². The summed E-state index contributed by atoms with van der Waals surface area (Å²) >= 11 is 5.71. The van der Waals surface area contributed by atoms with Crippen molar-refractivity contribution in [3.63, 3.8) is 0 Å². The van der Waals surface area contributed by atoms with E-state index in [-0.39, 0.29) is 27.7 Å². The summed E-state index contributed by atoms with van der Waals surface area (Å²) in [5.74, 6) is -0.901. The average Bonchev–Trinajstić information content (AvgIpc) is 2.65. The Kier molecular flexibility index (Phi) is 6.80. The van der Waals surface area contributed by atoms with Crippen LogP contribution in [-0.4, -0.2) is 23.6 Å². The number of ether oxygens (including phenoxy) is 1. The second-order valence-corrected chi connectivity index (χ2v) is 5.92. The third kappa shape index (κ3) is 6.51. The number of amides is 1. The minimum atomic E-state index is -4.55. The van der Waals surface area contributed by atoms with Crippen molar-refractivity contribution in [3.05, 3.63) is 68.7 Å². The molecule has 0 aliphatic rings. The molecule has 0 bridgehead atoms. The van der Waals surface area contributed by atoms with Gasteiger partial charge in [-0.2, -0.15) is 18.4 Å². The second-order valence-electron chi connectivity index (χ2n) is 5.52. The molecule has 11 heteroatoms. The molecule has 0 heterocycles. The van der Waals surface area contributed by atoms with Gasteiger partial charge in [-0.05, 0) is 35.9 Å². The number of nitro groups is 1. The van der Waals surface area contributed by atoms with Gasteiger partial charge in [0.15, 0.2) is 6.61 Å². The molecule has 29 heavy (non-hydrogen) atoms. The fourth-order valence-corrected chi connectivity index (χ4v) is 2.30. The molecule has 0 radical (unpaired) electrons. The van der Waals surface area contributed by atoms with Crippen LogP contribution in [0.2, 0.25) is 5.02 Å². The molecule has 0 saturated heterocycles. The number of anilines is 1. The average molecular weight is 426 g/mol. The van der Waals surface area contributed by atoms with E-state index in [0.29, 0.717) is 5.56 Å². The summed E-state index contributed by atoms with van der Waals surface area (Å²) in [4.78, 5) is 22.2. The highest BCUT2D eigenvalue weighted by Crippen LogP contribution is 2.26. The van der Waals surface area contributed by atoms with E-state index < -0.39 is 23.6 Å². The fraction of sp³-hybridized carbons (Fsp3) is 0.111. The van der Waals surface area contributed by atoms with E-state index in [9.17, 15) is 28.1 Å². The molecule has 0 atom stereocenters. The minimum Gasteiger partial charge on any atom is -0.483 e. The van der Waals surface area contributed by atoms with Gasteiger partial charge in [-0.15, -0.1) is 0 Å². The summed E-state index contributed by atoms with van der Waals surface area (Å²) in [6, 6.07) is 9.22. The number of hydrogen-bond donors (Lipinski definition) is 1. The molecule has 0 saturated carbocycles. The van der Waals surface area contributed by atoms with Crippen LogP contribution in [0.4, 0.5) is 24.5 Å². The molecule has 0 aliphatic carbocycles. The maximum Gasteiger partial charge on any atom is 0.422 e. The molecule has 1 amide bonds. The molecule has 0 aliphatic heterocycles. The lowest BCUT2D eigenvalue weighted by molar-refractivity contribution is -0.384. The Balaban J connectivity index is 2.09. The largest absolute Gasteiger partial charge is 0.483 e. The third-order valence-corrected chi connectivity index (χ3v) is 3.67. The highest BCUT2D eigenvalue weighted by molar-refractivity contribution is 6.32. The lowest BCUT2D eigenvalue weighted by Gasteiger charge is -2.11. The van der Waals surface area contributed by atoms with Crippen LogP contribution in [0.1, 0.15) is 11.1 Å². The van der Waals surface area contributed by atoms with E-state index >= 15 is 0 Å². The van der Waals surface area contributed by atoms with Gasteiger partial charge >= 0.3 is 6.18 Å². The molecule has 0 spiro atoms. The van der Waals surface area contributed by atoms with E-state index in [1.54, 1.807) is 6.07 Å². The predicted molar refractivity (Wildman–Crippen MR) is 98.5 cm³/mol. The summed E-state index contributed by atoms with van der Waals surface area (Å²) in [6.45, 7) is -1.55. The first-order valence-electron chi connectivity index (χ1n) is 7.76. The van der Waals surface area contributed by atoms with Crippen LogP contribution in [0.25, 0.3) is 6.08 Å². The van der Waals surface area contributed by atoms with Gasteiger partial charge in [-0.3, -0.25) is 14.9 Å². The smallest absolute Gasteiger partial charge is 0.422 e. The van der Waals surface area contributed by atoms with Gasteiger partial charge in [0.1, 0.15) is 16.8 Å². The van der Waals surface area contributed by atoms with Crippen molar-refractivity contribution < 1.29 is 27.6 Å². The first kappa shape index (κ1) is 21.7. The zero-order valence-electron chi connectivity index (χ0n) is 14.4. The monoisotopic (exact) mass is 425 g/mol. The van der Waals surface area contributed by atoms with Crippen LogP contribution in [0, 0.1) is 21.4 Å². The van der Waals surface area contributed by atoms with E-state index in [0.717, 1.165) is 18.2 Å². The Bertz CT molecular complexity index is 1020. The van der Waals surface area contributed by atoms with Gasteiger partial charge in [0.25, 0.3) is 5.69 Å². The molecular weight excluding hydrogens is 415 g/mol. The van der Waals surface area contributed by atoms with Gasteiger partial charge in [0.2, 0.25) is 5.91 Å². The number of rotatable bonds is 6. The summed E-state index contributed by atoms with van der Waals surface area (Å²) < 4.78 is 41.2. The van der Waals surface area contributed by atoms with Crippen molar-refractivity contribution in [3.8, 4) is 11.8 Å². The molecular formula is C18H11ClF3N3O4. The molecule has 7 nitrogen and oxygen atoms in total. The topological polar surface area (TPSA) is 105 Å². The van der Waals surface area contributed by atoms with Crippen molar-refractivity contribution in [2.75, 3.05) is 11.9 Å². The van der Waals surface area contributed by atoms with Crippen molar-refractivity contribution in [1.82, 2.24) is 0 Å². The summed E-state index contributed by atoms with van der Waals surface area (Å²) in [6.07, 6.45) is -2.15. The van der Waals surface area contributed by atoms with Crippen molar-refractivity contribution in [2.24, 2.45) is 0 Å². The number of halogens is 4. The van der Waals surface area contributed by atoms with Crippen LogP contribution in [0.5, 0.6) is 5.75 Å². The number of carbonyl (C=O) groups excluding carboxylic acids is 1. The van der Waals surface area contributed by atoms with Crippen LogP contribution in [-0.2, 0) is 4.79 Å². The maximum atomic E-state index is 12.2. The van der Waals surface area contributed by atoms with Crippen LogP contribution >= 0.6 is 11.6 Å². The van der Waals surface area contributed by atoms with Gasteiger partial charge in [-0.25, -0.2) is 0 Å². The molecule has 2 rings (SSSR count). The molecule has 2 aromatic carbocycles. The Morgan fingerprint density at radius 2 is 2.03 bits per heavy atom. The van der Waals surface area contributed by atoms with Crippen molar-refractivity contribution in [1.29, 1.82) is 5.26 Å². The third-order valence-electron chi connectivity index (χ3n) is 3.35. The lowest BCUT2D eigenvalue weighted by Crippen LogP contribution is -2.19. The number of hydrogen-bond acceptors (Lipinski definition) is 5. The van der Waals surface area contributed by atoms with E-state index in [1.807, 2.05) is 0 Å². The number of nitriles is 1. The van der Waals surface area contributed by atoms with E-state index in [1.165, 1.54) is 30.3 Å². The molecule has 0 fully saturated rings. The lowest BCUT2D eigenvalue weighted by atomic mass is 10.1. The first-order chi connectivity index (χ1) is 13.6. The zero-order valence-corrected chi connectivity index (χ0v) is 15.1. The molecule has 0 unspecified atom stereocenters. The summed E-state index contributed by atoms with van der Waals surface area (Å²) in [5, 5.41) is 22.3. The van der Waals surface area contributed by atoms with Crippen LogP contribution in [0.15, 0.2) is 42.5 Å². The number of nitro benzene ring substituents is 1. The Hall–Kier alpha value is -3.58. The number of carbonyl (C=O) groups is 1. The quantitative estimate of drug-likeness (QED) is 0.410. The Morgan fingerprint density at radius 1 is 1.31 bits per heavy atom. The SMILES string of the molecule is N#Cc1cc(NC(=O)C=Cc2ccc(Cl)c([N+](=O)[O-])c2)ccc1OCC(F)(F)F. The number of alkyl halides is 3. The molecule has 0 aromatic heterocycles. The highest BCUT2D eigenvalue weighted by Gasteiger charge is 2.28. The predicted octanol–water partition coefficient (Wildman–Crippen LogP) is 4.71.